The van der Waals surface area contributed by atoms with Crippen LogP contribution >= 0.6 is 0 Å². The summed E-state index contributed by atoms with van der Waals surface area (Å²) in [5.74, 6) is 0.929. The molecule has 3 nitrogen and oxygen atoms in total. The predicted molar refractivity (Wildman–Crippen MR) is 87.3 cm³/mol. The van der Waals surface area contributed by atoms with Crippen molar-refractivity contribution in [3.63, 3.8) is 0 Å². The fourth-order valence-electron chi connectivity index (χ4n) is 3.07. The first kappa shape index (κ1) is 16.0. The number of benzene rings is 1. The Bertz CT molecular complexity index is 452. The van der Waals surface area contributed by atoms with Gasteiger partial charge in [-0.15, -0.1) is 0 Å². The fourth-order valence-corrected chi connectivity index (χ4v) is 3.07. The molecule has 1 aliphatic rings. The molecule has 1 aliphatic heterocycles. The van der Waals surface area contributed by atoms with Gasteiger partial charge in [0.05, 0.1) is 0 Å². The van der Waals surface area contributed by atoms with E-state index in [1.165, 1.54) is 24.0 Å². The predicted octanol–water partition coefficient (Wildman–Crippen LogP) is 2.82. The van der Waals surface area contributed by atoms with Gasteiger partial charge in [-0.25, -0.2) is 0 Å². The third-order valence-electron chi connectivity index (χ3n) is 4.43. The Balaban J connectivity index is 1.70. The van der Waals surface area contributed by atoms with Crippen molar-refractivity contribution in [2.45, 2.75) is 52.0 Å². The van der Waals surface area contributed by atoms with Gasteiger partial charge < -0.3 is 10.6 Å². The number of piperidine rings is 1. The van der Waals surface area contributed by atoms with E-state index >= 15 is 0 Å². The summed E-state index contributed by atoms with van der Waals surface area (Å²) in [7, 11) is 0. The van der Waals surface area contributed by atoms with Crippen LogP contribution in [0.25, 0.3) is 0 Å². The highest BCUT2D eigenvalue weighted by molar-refractivity contribution is 5.76. The first-order valence-corrected chi connectivity index (χ1v) is 8.19. The minimum Gasteiger partial charge on any atom is -0.353 e. The molecule has 3 heteroatoms. The average molecular weight is 288 g/mol. The largest absolute Gasteiger partial charge is 0.353 e. The van der Waals surface area contributed by atoms with Gasteiger partial charge in [0, 0.05) is 12.5 Å². The van der Waals surface area contributed by atoms with Crippen LogP contribution in [0.3, 0.4) is 0 Å². The third kappa shape index (κ3) is 5.50. The summed E-state index contributed by atoms with van der Waals surface area (Å²) in [6.07, 6.45) is 5.04. The van der Waals surface area contributed by atoms with E-state index in [-0.39, 0.29) is 11.9 Å². The lowest BCUT2D eigenvalue weighted by Crippen LogP contribution is -2.35. The maximum Gasteiger partial charge on any atom is 0.220 e. The molecule has 0 bridgehead atoms. The third-order valence-corrected chi connectivity index (χ3v) is 4.43. The summed E-state index contributed by atoms with van der Waals surface area (Å²) in [6.45, 7) is 6.43. The number of amides is 1. The number of hydrogen-bond acceptors (Lipinski definition) is 2. The molecular formula is C18H28N2O. The molecule has 1 atom stereocenters. The molecule has 0 radical (unpaired) electrons. The zero-order chi connectivity index (χ0) is 15.1. The number of rotatable bonds is 6. The monoisotopic (exact) mass is 288 g/mol. The second-order valence-corrected chi connectivity index (χ2v) is 6.33. The molecule has 1 heterocycles. The van der Waals surface area contributed by atoms with Gasteiger partial charge in [-0.2, -0.15) is 0 Å². The van der Waals surface area contributed by atoms with E-state index in [4.69, 9.17) is 0 Å². The van der Waals surface area contributed by atoms with E-state index in [9.17, 15) is 4.79 Å². The molecule has 0 aromatic heterocycles. The Hall–Kier alpha value is -1.35. The van der Waals surface area contributed by atoms with Crippen LogP contribution in [0.5, 0.6) is 0 Å². The number of carbonyl (C=O) groups excluding carboxylic acids is 1. The highest BCUT2D eigenvalue weighted by atomic mass is 16.1. The SMILES string of the molecule is Cc1ccccc1CC(C)NC(=O)CCC1CCNCC1. The fraction of sp³-hybridized carbons (Fsp3) is 0.611. The zero-order valence-corrected chi connectivity index (χ0v) is 13.3. The van der Waals surface area contributed by atoms with Crippen molar-refractivity contribution < 1.29 is 4.79 Å². The Morgan fingerprint density at radius 3 is 2.76 bits per heavy atom. The van der Waals surface area contributed by atoms with E-state index in [1.807, 2.05) is 0 Å². The van der Waals surface area contributed by atoms with Crippen LogP contribution in [0.1, 0.15) is 43.7 Å². The van der Waals surface area contributed by atoms with Gasteiger partial charge >= 0.3 is 0 Å². The van der Waals surface area contributed by atoms with Gasteiger partial charge in [0.1, 0.15) is 0 Å². The van der Waals surface area contributed by atoms with Crippen LogP contribution in [0.15, 0.2) is 24.3 Å². The van der Waals surface area contributed by atoms with Crippen LogP contribution in [-0.2, 0) is 11.2 Å². The van der Waals surface area contributed by atoms with E-state index in [0.29, 0.717) is 6.42 Å². The molecule has 116 valence electrons. The Morgan fingerprint density at radius 2 is 2.05 bits per heavy atom. The normalized spacial score (nSPS) is 17.4. The molecule has 21 heavy (non-hydrogen) atoms. The quantitative estimate of drug-likeness (QED) is 0.845. The molecule has 1 aromatic carbocycles. The lowest BCUT2D eigenvalue weighted by atomic mass is 9.93. The average Bonchev–Trinajstić information content (AvgIpc) is 2.48. The number of hydrogen-bond donors (Lipinski definition) is 2. The minimum atomic E-state index is 0.201. The van der Waals surface area contributed by atoms with E-state index in [2.05, 4.69) is 48.7 Å². The molecule has 2 rings (SSSR count). The minimum absolute atomic E-state index is 0.201. The van der Waals surface area contributed by atoms with Crippen LogP contribution in [0.2, 0.25) is 0 Å². The van der Waals surface area contributed by atoms with Gasteiger partial charge in [-0.1, -0.05) is 24.3 Å². The van der Waals surface area contributed by atoms with E-state index in [0.717, 1.165) is 31.8 Å². The Labute approximate surface area is 128 Å². The second-order valence-electron chi connectivity index (χ2n) is 6.33. The lowest BCUT2D eigenvalue weighted by molar-refractivity contribution is -0.122. The topological polar surface area (TPSA) is 41.1 Å². The molecule has 2 N–H and O–H groups in total. The van der Waals surface area contributed by atoms with Gasteiger partial charge in [0.25, 0.3) is 0 Å². The summed E-state index contributed by atoms with van der Waals surface area (Å²) in [5, 5.41) is 6.51. The highest BCUT2D eigenvalue weighted by Crippen LogP contribution is 2.17. The molecule has 0 spiro atoms. The molecule has 1 aromatic rings. The summed E-state index contributed by atoms with van der Waals surface area (Å²) < 4.78 is 0. The standard InChI is InChI=1S/C18H28N2O/c1-14-5-3-4-6-17(14)13-15(2)20-18(21)8-7-16-9-11-19-12-10-16/h3-6,15-16,19H,7-13H2,1-2H3,(H,20,21). The number of aryl methyl sites for hydroxylation is 1. The molecule has 1 saturated heterocycles. The van der Waals surface area contributed by atoms with Crippen LogP contribution < -0.4 is 10.6 Å². The molecule has 0 saturated carbocycles. The van der Waals surface area contributed by atoms with Crippen molar-refractivity contribution in [1.29, 1.82) is 0 Å². The zero-order valence-electron chi connectivity index (χ0n) is 13.3. The molecule has 1 amide bonds. The lowest BCUT2D eigenvalue weighted by Gasteiger charge is -2.22. The highest BCUT2D eigenvalue weighted by Gasteiger charge is 2.15. The second kappa shape index (κ2) is 8.18. The summed E-state index contributed by atoms with van der Waals surface area (Å²) in [4.78, 5) is 12.0. The maximum absolute atomic E-state index is 12.0. The van der Waals surface area contributed by atoms with Gasteiger partial charge in [-0.05, 0) is 69.7 Å². The summed E-state index contributed by atoms with van der Waals surface area (Å²) in [5.41, 5.74) is 2.62. The van der Waals surface area contributed by atoms with Gasteiger partial charge in [-0.3, -0.25) is 4.79 Å². The van der Waals surface area contributed by atoms with Crippen molar-refractivity contribution in [2.75, 3.05) is 13.1 Å². The van der Waals surface area contributed by atoms with Crippen molar-refractivity contribution in [1.82, 2.24) is 10.6 Å². The molecule has 1 unspecified atom stereocenters. The molecular weight excluding hydrogens is 260 g/mol. The van der Waals surface area contributed by atoms with Crippen LogP contribution in [-0.4, -0.2) is 25.0 Å². The van der Waals surface area contributed by atoms with Crippen molar-refractivity contribution in [3.05, 3.63) is 35.4 Å². The first-order chi connectivity index (χ1) is 10.1. The van der Waals surface area contributed by atoms with Gasteiger partial charge in [0.15, 0.2) is 0 Å². The summed E-state index contributed by atoms with van der Waals surface area (Å²) >= 11 is 0. The van der Waals surface area contributed by atoms with E-state index < -0.39 is 0 Å². The van der Waals surface area contributed by atoms with Crippen LogP contribution in [0, 0.1) is 12.8 Å². The first-order valence-electron chi connectivity index (χ1n) is 8.19. The smallest absolute Gasteiger partial charge is 0.220 e. The number of carbonyl (C=O) groups is 1. The molecule has 1 fully saturated rings. The Kier molecular flexibility index (Phi) is 6.24. The maximum atomic E-state index is 12.0. The molecule has 0 aliphatic carbocycles. The van der Waals surface area contributed by atoms with Gasteiger partial charge in [0.2, 0.25) is 5.91 Å². The van der Waals surface area contributed by atoms with Crippen molar-refractivity contribution in [2.24, 2.45) is 5.92 Å². The van der Waals surface area contributed by atoms with E-state index in [1.54, 1.807) is 0 Å². The van der Waals surface area contributed by atoms with Crippen LogP contribution in [0.4, 0.5) is 0 Å². The van der Waals surface area contributed by atoms with Crippen molar-refractivity contribution in [3.8, 4) is 0 Å². The number of nitrogens with one attached hydrogen (secondary N) is 2. The Morgan fingerprint density at radius 1 is 1.33 bits per heavy atom. The summed E-state index contributed by atoms with van der Waals surface area (Å²) in [6, 6.07) is 8.59. The van der Waals surface area contributed by atoms with Crippen molar-refractivity contribution >= 4 is 5.91 Å².